The third-order valence-electron chi connectivity index (χ3n) is 3.83. The molecule has 0 heterocycles. The molecule has 5 heteroatoms. The van der Waals surface area contributed by atoms with Gasteiger partial charge in [0.15, 0.2) is 11.5 Å². The van der Waals surface area contributed by atoms with Gasteiger partial charge in [-0.1, -0.05) is 6.42 Å². The van der Waals surface area contributed by atoms with Crippen molar-refractivity contribution < 1.29 is 19.4 Å². The predicted octanol–water partition coefficient (Wildman–Crippen LogP) is 2.29. The van der Waals surface area contributed by atoms with Crippen LogP contribution in [0, 0.1) is 5.92 Å². The van der Waals surface area contributed by atoms with Crippen molar-refractivity contribution in [3.63, 3.8) is 0 Å². The fourth-order valence-electron chi connectivity index (χ4n) is 2.66. The fraction of sp³-hybridized carbons (Fsp3) is 0.533. The highest BCUT2D eigenvalue weighted by Gasteiger charge is 2.26. The maximum absolute atomic E-state index is 11.0. The summed E-state index contributed by atoms with van der Waals surface area (Å²) in [6.45, 7) is 0.611. The summed E-state index contributed by atoms with van der Waals surface area (Å²) in [7, 11) is 1.51. The van der Waals surface area contributed by atoms with Crippen LogP contribution in [0.1, 0.15) is 36.0 Å². The average Bonchev–Trinajstić information content (AvgIpc) is 2.48. The molecule has 5 nitrogen and oxygen atoms in total. The zero-order valence-corrected chi connectivity index (χ0v) is 11.7. The second kappa shape index (κ2) is 6.61. The molecule has 0 spiro atoms. The smallest absolute Gasteiger partial charge is 0.335 e. The van der Waals surface area contributed by atoms with Crippen LogP contribution in [0.4, 0.5) is 0 Å². The highest BCUT2D eigenvalue weighted by molar-refractivity contribution is 5.88. The summed E-state index contributed by atoms with van der Waals surface area (Å²) in [5.74, 6) is 0.411. The molecular formula is C15H21NO4. The van der Waals surface area contributed by atoms with E-state index in [1.165, 1.54) is 25.7 Å². The van der Waals surface area contributed by atoms with Gasteiger partial charge in [-0.25, -0.2) is 4.79 Å². The van der Waals surface area contributed by atoms with Crippen LogP contribution in [0.3, 0.4) is 0 Å². The number of aromatic carboxylic acids is 1. The van der Waals surface area contributed by atoms with Gasteiger partial charge in [-0.15, -0.1) is 0 Å². The first-order chi connectivity index (χ1) is 9.65. The second-order valence-electron chi connectivity index (χ2n) is 5.11. The normalized spacial score (nSPS) is 22.3. The number of nitrogens with two attached hydrogens (primary N) is 1. The average molecular weight is 279 g/mol. The van der Waals surface area contributed by atoms with Gasteiger partial charge < -0.3 is 20.3 Å². The molecule has 1 aromatic rings. The van der Waals surface area contributed by atoms with Gasteiger partial charge in [0, 0.05) is 5.92 Å². The highest BCUT2D eigenvalue weighted by atomic mass is 16.5. The number of methoxy groups -OCH3 is 1. The zero-order chi connectivity index (χ0) is 14.5. The Hall–Kier alpha value is -1.75. The van der Waals surface area contributed by atoms with Gasteiger partial charge in [-0.05, 0) is 44.0 Å². The Kier molecular flexibility index (Phi) is 4.84. The first-order valence-electron chi connectivity index (χ1n) is 6.93. The van der Waals surface area contributed by atoms with Crippen LogP contribution in [-0.2, 0) is 0 Å². The van der Waals surface area contributed by atoms with Crippen molar-refractivity contribution in [2.45, 2.75) is 31.8 Å². The van der Waals surface area contributed by atoms with E-state index >= 15 is 0 Å². The molecule has 1 saturated carbocycles. The van der Waals surface area contributed by atoms with Gasteiger partial charge in [0.1, 0.15) is 6.10 Å². The Morgan fingerprint density at radius 1 is 1.35 bits per heavy atom. The number of carboxylic acid groups (broad SMARTS) is 1. The molecular weight excluding hydrogens is 258 g/mol. The standard InChI is InChI=1S/C15H21NO4/c1-19-14-8-10(15(17)18)6-7-13(14)20-12-5-3-2-4-11(12)9-16/h6-8,11-12H,2-5,9,16H2,1H3,(H,17,18). The molecule has 110 valence electrons. The zero-order valence-electron chi connectivity index (χ0n) is 11.7. The SMILES string of the molecule is COc1cc(C(=O)O)ccc1OC1CCCCC1CN. The second-order valence-corrected chi connectivity index (χ2v) is 5.11. The fourth-order valence-corrected chi connectivity index (χ4v) is 2.66. The molecule has 0 aliphatic heterocycles. The van der Waals surface area contributed by atoms with Gasteiger partial charge >= 0.3 is 5.97 Å². The third-order valence-corrected chi connectivity index (χ3v) is 3.83. The number of carboxylic acids is 1. The number of hydrogen-bond acceptors (Lipinski definition) is 4. The van der Waals surface area contributed by atoms with Crippen molar-refractivity contribution in [3.05, 3.63) is 23.8 Å². The molecule has 1 aliphatic rings. The molecule has 0 saturated heterocycles. The minimum Gasteiger partial charge on any atom is -0.493 e. The minimum absolute atomic E-state index is 0.0818. The van der Waals surface area contributed by atoms with Gasteiger partial charge in [0.2, 0.25) is 0 Å². The first-order valence-corrected chi connectivity index (χ1v) is 6.93. The molecule has 1 aromatic carbocycles. The van der Waals surface area contributed by atoms with E-state index in [0.29, 0.717) is 24.0 Å². The van der Waals surface area contributed by atoms with Crippen LogP contribution in [-0.4, -0.2) is 30.8 Å². The van der Waals surface area contributed by atoms with Crippen LogP contribution in [0.2, 0.25) is 0 Å². The quantitative estimate of drug-likeness (QED) is 0.864. The van der Waals surface area contributed by atoms with Crippen LogP contribution >= 0.6 is 0 Å². The molecule has 0 amide bonds. The van der Waals surface area contributed by atoms with Crippen molar-refractivity contribution in [1.29, 1.82) is 0 Å². The number of carbonyl (C=O) groups is 1. The molecule has 3 N–H and O–H groups in total. The lowest BCUT2D eigenvalue weighted by molar-refractivity contribution is 0.0696. The monoisotopic (exact) mass is 279 g/mol. The topological polar surface area (TPSA) is 81.8 Å². The maximum Gasteiger partial charge on any atom is 0.335 e. The molecule has 2 atom stereocenters. The predicted molar refractivity (Wildman–Crippen MR) is 75.4 cm³/mol. The number of ether oxygens (including phenoxy) is 2. The van der Waals surface area contributed by atoms with E-state index in [-0.39, 0.29) is 11.7 Å². The summed E-state index contributed by atoms with van der Waals surface area (Å²) in [4.78, 5) is 11.0. The van der Waals surface area contributed by atoms with Crippen LogP contribution < -0.4 is 15.2 Å². The van der Waals surface area contributed by atoms with Gasteiger partial charge in [0.05, 0.1) is 12.7 Å². The molecule has 1 aliphatic carbocycles. The third kappa shape index (κ3) is 3.22. The lowest BCUT2D eigenvalue weighted by atomic mass is 9.86. The van der Waals surface area contributed by atoms with E-state index in [0.717, 1.165) is 19.3 Å². The Balaban J connectivity index is 2.17. The number of benzene rings is 1. The van der Waals surface area contributed by atoms with Gasteiger partial charge in [-0.2, -0.15) is 0 Å². The van der Waals surface area contributed by atoms with Crippen molar-refractivity contribution in [2.24, 2.45) is 11.7 Å². The minimum atomic E-state index is -0.979. The van der Waals surface area contributed by atoms with E-state index in [4.69, 9.17) is 20.3 Å². The van der Waals surface area contributed by atoms with E-state index in [1.54, 1.807) is 6.07 Å². The Labute approximate surface area is 118 Å². The lowest BCUT2D eigenvalue weighted by Gasteiger charge is -2.31. The van der Waals surface area contributed by atoms with E-state index in [2.05, 4.69) is 0 Å². The van der Waals surface area contributed by atoms with E-state index < -0.39 is 5.97 Å². The Bertz CT molecular complexity index is 475. The van der Waals surface area contributed by atoms with Crippen LogP contribution in [0.25, 0.3) is 0 Å². The van der Waals surface area contributed by atoms with E-state index in [1.807, 2.05) is 0 Å². The van der Waals surface area contributed by atoms with Gasteiger partial charge in [-0.3, -0.25) is 0 Å². The highest BCUT2D eigenvalue weighted by Crippen LogP contribution is 2.33. The Morgan fingerprint density at radius 3 is 2.75 bits per heavy atom. The summed E-state index contributed by atoms with van der Waals surface area (Å²) in [5.41, 5.74) is 5.98. The Morgan fingerprint density at radius 2 is 2.10 bits per heavy atom. The number of rotatable bonds is 5. The van der Waals surface area contributed by atoms with Crippen molar-refractivity contribution in [1.82, 2.24) is 0 Å². The summed E-state index contributed by atoms with van der Waals surface area (Å²) in [6, 6.07) is 4.67. The molecule has 20 heavy (non-hydrogen) atoms. The van der Waals surface area contributed by atoms with Gasteiger partial charge in [0.25, 0.3) is 0 Å². The van der Waals surface area contributed by atoms with E-state index in [9.17, 15) is 4.79 Å². The molecule has 0 bridgehead atoms. The summed E-state index contributed by atoms with van der Waals surface area (Å²) in [5, 5.41) is 8.98. The summed E-state index contributed by atoms with van der Waals surface area (Å²) < 4.78 is 11.2. The van der Waals surface area contributed by atoms with Crippen molar-refractivity contribution >= 4 is 5.97 Å². The molecule has 2 rings (SSSR count). The molecule has 0 aromatic heterocycles. The largest absolute Gasteiger partial charge is 0.493 e. The van der Waals surface area contributed by atoms with Crippen LogP contribution in [0.15, 0.2) is 18.2 Å². The van der Waals surface area contributed by atoms with Crippen LogP contribution in [0.5, 0.6) is 11.5 Å². The summed E-state index contributed by atoms with van der Waals surface area (Å²) >= 11 is 0. The maximum atomic E-state index is 11.0. The summed E-state index contributed by atoms with van der Waals surface area (Å²) in [6.07, 6.45) is 4.47. The van der Waals surface area contributed by atoms with Crippen molar-refractivity contribution in [2.75, 3.05) is 13.7 Å². The first kappa shape index (κ1) is 14.7. The molecule has 0 radical (unpaired) electrons. The number of hydrogen-bond donors (Lipinski definition) is 2. The lowest BCUT2D eigenvalue weighted by Crippen LogP contribution is -2.35. The molecule has 2 unspecified atom stereocenters. The molecule has 1 fully saturated rings. The van der Waals surface area contributed by atoms with Crippen molar-refractivity contribution in [3.8, 4) is 11.5 Å².